The van der Waals surface area contributed by atoms with Gasteiger partial charge in [0.1, 0.15) is 0 Å². The highest BCUT2D eigenvalue weighted by atomic mass is 31.2. The van der Waals surface area contributed by atoms with Crippen LogP contribution in [0.15, 0.2) is 48.5 Å². The first kappa shape index (κ1) is 21.5. The molecule has 0 bridgehead atoms. The summed E-state index contributed by atoms with van der Waals surface area (Å²) in [5.74, 6) is -1.20. The van der Waals surface area contributed by atoms with Gasteiger partial charge in [0.2, 0.25) is 0 Å². The van der Waals surface area contributed by atoms with Crippen LogP contribution in [0.25, 0.3) is 0 Å². The molecule has 1 N–H and O–H groups in total. The highest BCUT2D eigenvalue weighted by molar-refractivity contribution is 7.67. The number of aliphatic hydroxyl groups is 1. The van der Waals surface area contributed by atoms with Crippen LogP contribution in [0.1, 0.15) is 31.2 Å². The summed E-state index contributed by atoms with van der Waals surface area (Å²) in [4.78, 5) is 3.95. The van der Waals surface area contributed by atoms with Crippen LogP contribution in [0.4, 0.5) is 11.4 Å². The fourth-order valence-electron chi connectivity index (χ4n) is 2.73. The van der Waals surface area contributed by atoms with Crippen LogP contribution in [-0.4, -0.2) is 39.9 Å². The number of unbranched alkanes of at least 4 members (excludes halogenated alkanes) is 1. The van der Waals surface area contributed by atoms with Crippen LogP contribution >= 0.6 is 7.37 Å². The molecule has 0 aliphatic heterocycles. The highest BCUT2D eigenvalue weighted by Gasteiger charge is 2.36. The Morgan fingerprint density at radius 2 is 1.41 bits per heavy atom. The van der Waals surface area contributed by atoms with Gasteiger partial charge in [-0.2, -0.15) is 0 Å². The van der Waals surface area contributed by atoms with Gasteiger partial charge in [-0.25, -0.2) is 0 Å². The Morgan fingerprint density at radius 3 is 1.85 bits per heavy atom. The Hall–Kier alpha value is -1.81. The van der Waals surface area contributed by atoms with Crippen molar-refractivity contribution in [2.45, 2.75) is 25.6 Å². The number of hydrogen-bond donors (Lipinski definition) is 1. The number of hydrogen-bond acceptors (Lipinski definition) is 5. The second kappa shape index (κ2) is 9.41. The molecule has 0 amide bonds. The van der Waals surface area contributed by atoms with E-state index in [1.165, 1.54) is 0 Å². The van der Waals surface area contributed by atoms with Crippen LogP contribution in [0.3, 0.4) is 0 Å². The second-order valence-corrected chi connectivity index (χ2v) is 9.51. The van der Waals surface area contributed by atoms with Gasteiger partial charge in [-0.1, -0.05) is 25.5 Å². The van der Waals surface area contributed by atoms with E-state index in [1.54, 1.807) is 12.1 Å². The summed E-state index contributed by atoms with van der Waals surface area (Å²) in [6.07, 6.45) is 1.74. The first-order chi connectivity index (χ1) is 12.8. The van der Waals surface area contributed by atoms with Crippen molar-refractivity contribution in [2.75, 3.05) is 44.6 Å². The SMILES string of the molecule is CCCCO[P@](=O)(c1ccc(N(C)C)cc1)[C@@H](O)c1ccc(N(C)C)cc1. The molecule has 0 fully saturated rings. The molecule has 5 nitrogen and oxygen atoms in total. The molecule has 0 saturated carbocycles. The largest absolute Gasteiger partial charge is 0.378 e. The van der Waals surface area contributed by atoms with Gasteiger partial charge in [-0.15, -0.1) is 0 Å². The molecule has 0 heterocycles. The molecule has 0 aromatic heterocycles. The Bertz CT molecular complexity index is 758. The van der Waals surface area contributed by atoms with Crippen molar-refractivity contribution in [1.29, 1.82) is 0 Å². The monoisotopic (exact) mass is 390 g/mol. The summed E-state index contributed by atoms with van der Waals surface area (Å²) in [6.45, 7) is 2.41. The molecule has 148 valence electrons. The van der Waals surface area contributed by atoms with Crippen molar-refractivity contribution in [2.24, 2.45) is 0 Å². The van der Waals surface area contributed by atoms with Gasteiger partial charge in [0.15, 0.2) is 5.85 Å². The average Bonchev–Trinajstić information content (AvgIpc) is 2.67. The normalized spacial score (nSPS) is 14.4. The summed E-state index contributed by atoms with van der Waals surface area (Å²) in [5, 5.41) is 11.5. The summed E-state index contributed by atoms with van der Waals surface area (Å²) >= 11 is 0. The second-order valence-electron chi connectivity index (χ2n) is 7.05. The van der Waals surface area contributed by atoms with Crippen molar-refractivity contribution in [3.63, 3.8) is 0 Å². The molecule has 0 unspecified atom stereocenters. The minimum Gasteiger partial charge on any atom is -0.378 e. The summed E-state index contributed by atoms with van der Waals surface area (Å²) in [7, 11) is 4.33. The van der Waals surface area contributed by atoms with E-state index in [4.69, 9.17) is 4.52 Å². The molecule has 2 rings (SSSR count). The van der Waals surface area contributed by atoms with Crippen LogP contribution in [0, 0.1) is 0 Å². The Labute approximate surface area is 163 Å². The lowest BCUT2D eigenvalue weighted by atomic mass is 10.2. The minimum atomic E-state index is -3.48. The number of anilines is 2. The zero-order valence-corrected chi connectivity index (χ0v) is 17.8. The maximum Gasteiger partial charge on any atom is 0.264 e. The molecular weight excluding hydrogens is 359 g/mol. The topological polar surface area (TPSA) is 53.0 Å². The number of aliphatic hydroxyl groups excluding tert-OH is 1. The Kier molecular flexibility index (Phi) is 7.49. The van der Waals surface area contributed by atoms with Gasteiger partial charge in [0.05, 0.1) is 6.61 Å². The predicted octanol–water partition coefficient (Wildman–Crippen LogP) is 4.23. The molecule has 2 aromatic carbocycles. The average molecular weight is 390 g/mol. The van der Waals surface area contributed by atoms with E-state index in [0.717, 1.165) is 24.2 Å². The maximum atomic E-state index is 13.8. The van der Waals surface area contributed by atoms with Gasteiger partial charge in [0.25, 0.3) is 7.37 Å². The first-order valence-electron chi connectivity index (χ1n) is 9.27. The van der Waals surface area contributed by atoms with Crippen molar-refractivity contribution in [3.8, 4) is 0 Å². The fraction of sp³-hybridized carbons (Fsp3) is 0.429. The number of nitrogens with zero attached hydrogens (tertiary/aromatic N) is 2. The lowest BCUT2D eigenvalue weighted by Gasteiger charge is -2.25. The molecule has 6 heteroatoms. The Balaban J connectivity index is 2.37. The summed E-state index contributed by atoms with van der Waals surface area (Å²) in [5.41, 5.74) is 2.61. The van der Waals surface area contributed by atoms with Crippen molar-refractivity contribution < 1.29 is 14.2 Å². The molecule has 2 aromatic rings. The van der Waals surface area contributed by atoms with Crippen molar-refractivity contribution in [1.82, 2.24) is 0 Å². The lowest BCUT2D eigenvalue weighted by Crippen LogP contribution is -2.16. The van der Waals surface area contributed by atoms with Crippen molar-refractivity contribution >= 4 is 24.0 Å². The van der Waals surface area contributed by atoms with Gasteiger partial charge in [-0.3, -0.25) is 4.57 Å². The Morgan fingerprint density at radius 1 is 0.926 bits per heavy atom. The highest BCUT2D eigenvalue weighted by Crippen LogP contribution is 2.57. The van der Waals surface area contributed by atoms with Crippen LogP contribution in [0.5, 0.6) is 0 Å². The molecule has 0 aliphatic carbocycles. The van der Waals surface area contributed by atoms with E-state index in [2.05, 4.69) is 6.92 Å². The number of rotatable bonds is 9. The van der Waals surface area contributed by atoms with E-state index in [0.29, 0.717) is 17.5 Å². The van der Waals surface area contributed by atoms with Gasteiger partial charge >= 0.3 is 0 Å². The quantitative estimate of drug-likeness (QED) is 0.513. The summed E-state index contributed by atoms with van der Waals surface area (Å²) < 4.78 is 19.6. The van der Waals surface area contributed by atoms with E-state index in [-0.39, 0.29) is 0 Å². The standard InChI is InChI=1S/C21H31N2O3P/c1-6-7-16-26-27(25,20-14-12-19(13-15-20)23(4)5)21(24)17-8-10-18(11-9-17)22(2)3/h8-15,21,24H,6-7,16H2,1-5H3/t21-,27-/m1/s1. The third kappa shape index (κ3) is 5.13. The van der Waals surface area contributed by atoms with E-state index in [1.807, 2.05) is 74.4 Å². The van der Waals surface area contributed by atoms with E-state index >= 15 is 0 Å². The third-order valence-corrected chi connectivity index (χ3v) is 7.06. The maximum absolute atomic E-state index is 13.8. The lowest BCUT2D eigenvalue weighted by molar-refractivity contribution is 0.213. The van der Waals surface area contributed by atoms with E-state index < -0.39 is 13.2 Å². The molecule has 0 aliphatic rings. The zero-order valence-electron chi connectivity index (χ0n) is 16.9. The predicted molar refractivity (Wildman–Crippen MR) is 115 cm³/mol. The van der Waals surface area contributed by atoms with Gasteiger partial charge < -0.3 is 19.4 Å². The molecule has 0 radical (unpaired) electrons. The minimum absolute atomic E-state index is 0.357. The number of benzene rings is 2. The molecule has 2 atom stereocenters. The van der Waals surface area contributed by atoms with Gasteiger partial charge in [-0.05, 0) is 48.4 Å². The van der Waals surface area contributed by atoms with Crippen molar-refractivity contribution in [3.05, 3.63) is 54.1 Å². The van der Waals surface area contributed by atoms with Gasteiger partial charge in [0, 0.05) is 44.9 Å². The molecule has 0 saturated heterocycles. The van der Waals surface area contributed by atoms with E-state index in [9.17, 15) is 9.67 Å². The fourth-order valence-corrected chi connectivity index (χ4v) is 4.83. The third-order valence-electron chi connectivity index (χ3n) is 4.54. The zero-order chi connectivity index (χ0) is 20.0. The molecular formula is C21H31N2O3P. The smallest absolute Gasteiger partial charge is 0.264 e. The summed E-state index contributed by atoms with van der Waals surface area (Å²) in [6, 6.07) is 14.8. The van der Waals surface area contributed by atoms with Crippen LogP contribution in [-0.2, 0) is 9.09 Å². The van der Waals surface area contributed by atoms with Crippen LogP contribution < -0.4 is 15.1 Å². The first-order valence-corrected chi connectivity index (χ1v) is 11.0. The molecule has 0 spiro atoms. The molecule has 27 heavy (non-hydrogen) atoms. The van der Waals surface area contributed by atoms with Crippen LogP contribution in [0.2, 0.25) is 0 Å².